The molecule has 0 aromatic heterocycles. The Balaban J connectivity index is 2.65. The summed E-state index contributed by atoms with van der Waals surface area (Å²) in [7, 11) is 0. The molecule has 0 spiro atoms. The topological polar surface area (TPSA) is 9.23 Å². The average Bonchev–Trinajstić information content (AvgIpc) is 2.55. The molecule has 1 aliphatic carbocycles. The summed E-state index contributed by atoms with van der Waals surface area (Å²) >= 11 is 0. The molecule has 0 aromatic rings. The summed E-state index contributed by atoms with van der Waals surface area (Å²) in [5.41, 5.74) is -0.396. The highest BCUT2D eigenvalue weighted by molar-refractivity contribution is 4.99. The first-order valence-corrected chi connectivity index (χ1v) is 5.98. The highest BCUT2D eigenvalue weighted by Gasteiger charge is 2.51. The van der Waals surface area contributed by atoms with Crippen LogP contribution >= 0.6 is 0 Å². The third-order valence-corrected chi connectivity index (χ3v) is 3.17. The lowest BCUT2D eigenvalue weighted by Gasteiger charge is -2.29. The second-order valence-corrected chi connectivity index (χ2v) is 5.67. The van der Waals surface area contributed by atoms with Crippen LogP contribution in [0.5, 0.6) is 0 Å². The van der Waals surface area contributed by atoms with Gasteiger partial charge in [-0.2, -0.15) is 13.2 Å². The molecule has 1 nitrogen and oxygen atoms in total. The van der Waals surface area contributed by atoms with Gasteiger partial charge in [0.15, 0.2) is 0 Å². The predicted molar refractivity (Wildman–Crippen MR) is 61.1 cm³/mol. The molecule has 4 heteroatoms. The van der Waals surface area contributed by atoms with E-state index in [2.05, 4.69) is 6.92 Å². The molecule has 0 saturated heterocycles. The van der Waals surface area contributed by atoms with Crippen LogP contribution in [0.4, 0.5) is 13.2 Å². The lowest BCUT2D eigenvalue weighted by Crippen LogP contribution is -2.35. The van der Waals surface area contributed by atoms with Crippen LogP contribution in [0.15, 0.2) is 0 Å². The van der Waals surface area contributed by atoms with Crippen molar-refractivity contribution < 1.29 is 17.9 Å². The molecule has 100 valence electrons. The van der Waals surface area contributed by atoms with Crippen LogP contribution < -0.4 is 0 Å². The molecule has 3 atom stereocenters. The molecule has 1 rings (SSSR count). The van der Waals surface area contributed by atoms with Gasteiger partial charge in [-0.05, 0) is 51.9 Å². The molecule has 3 unspecified atom stereocenters. The van der Waals surface area contributed by atoms with Gasteiger partial charge in [0.25, 0.3) is 0 Å². The molecule has 0 N–H and O–H groups in total. The number of hydrogen-bond acceptors (Lipinski definition) is 1. The van der Waals surface area contributed by atoms with Gasteiger partial charge in [-0.1, -0.05) is 6.92 Å². The van der Waals surface area contributed by atoms with Gasteiger partial charge in [0.2, 0.25) is 0 Å². The molecule has 0 bridgehead atoms. The van der Waals surface area contributed by atoms with Crippen molar-refractivity contribution in [1.82, 2.24) is 0 Å². The molecule has 0 aliphatic heterocycles. The molecule has 1 saturated carbocycles. The van der Waals surface area contributed by atoms with Crippen molar-refractivity contribution in [3.05, 3.63) is 13.3 Å². The fourth-order valence-corrected chi connectivity index (χ4v) is 2.32. The van der Waals surface area contributed by atoms with E-state index in [0.29, 0.717) is 12.8 Å². The molecule has 1 aliphatic rings. The van der Waals surface area contributed by atoms with Gasteiger partial charge in [0, 0.05) is 0 Å². The Morgan fingerprint density at radius 1 is 1.29 bits per heavy atom. The first-order chi connectivity index (χ1) is 7.65. The Morgan fingerprint density at radius 3 is 2.29 bits per heavy atom. The van der Waals surface area contributed by atoms with Crippen molar-refractivity contribution >= 4 is 0 Å². The minimum Gasteiger partial charge on any atom is -0.376 e. The number of ether oxygens (including phenoxy) is 1. The maximum Gasteiger partial charge on any atom is 0.392 e. The van der Waals surface area contributed by atoms with Crippen LogP contribution in [-0.4, -0.2) is 18.4 Å². The van der Waals surface area contributed by atoms with E-state index in [1.807, 2.05) is 20.8 Å². The second-order valence-electron chi connectivity index (χ2n) is 5.67. The largest absolute Gasteiger partial charge is 0.392 e. The van der Waals surface area contributed by atoms with E-state index in [1.54, 1.807) is 6.42 Å². The Morgan fingerprint density at radius 2 is 1.88 bits per heavy atom. The summed E-state index contributed by atoms with van der Waals surface area (Å²) in [5, 5.41) is 0. The summed E-state index contributed by atoms with van der Waals surface area (Å²) in [6.45, 7) is 9.31. The van der Waals surface area contributed by atoms with E-state index >= 15 is 0 Å². The summed E-state index contributed by atoms with van der Waals surface area (Å²) in [4.78, 5) is 0. The van der Waals surface area contributed by atoms with Crippen LogP contribution in [-0.2, 0) is 4.74 Å². The zero-order valence-corrected chi connectivity index (χ0v) is 10.7. The van der Waals surface area contributed by atoms with Crippen LogP contribution in [0.2, 0.25) is 0 Å². The molecule has 2 radical (unpaired) electrons. The van der Waals surface area contributed by atoms with Gasteiger partial charge in [-0.3, -0.25) is 0 Å². The first-order valence-electron chi connectivity index (χ1n) is 5.98. The van der Waals surface area contributed by atoms with E-state index in [0.717, 1.165) is 0 Å². The third-order valence-electron chi connectivity index (χ3n) is 3.17. The van der Waals surface area contributed by atoms with Crippen molar-refractivity contribution in [2.75, 3.05) is 6.61 Å². The summed E-state index contributed by atoms with van der Waals surface area (Å²) < 4.78 is 44.4. The number of hydrogen-bond donors (Lipinski definition) is 0. The summed E-state index contributed by atoms with van der Waals surface area (Å²) in [6, 6.07) is 0. The minimum atomic E-state index is -4.15. The Hall–Kier alpha value is -0.250. The number of alkyl halides is 3. The summed E-state index contributed by atoms with van der Waals surface area (Å²) in [6.07, 6.45) is -1.58. The van der Waals surface area contributed by atoms with Crippen LogP contribution in [0, 0.1) is 31.1 Å². The number of rotatable bonds is 3. The Labute approximate surface area is 102 Å². The van der Waals surface area contributed by atoms with Crippen molar-refractivity contribution in [3.8, 4) is 0 Å². The number of halogens is 3. The zero-order chi connectivity index (χ0) is 13.3. The quantitative estimate of drug-likeness (QED) is 0.734. The second kappa shape index (κ2) is 5.17. The van der Waals surface area contributed by atoms with Gasteiger partial charge in [0.1, 0.15) is 0 Å². The van der Waals surface area contributed by atoms with E-state index in [9.17, 15) is 13.2 Å². The molecule has 0 aromatic carbocycles. The molecule has 0 amide bonds. The molecular weight excluding hydrogens is 229 g/mol. The van der Waals surface area contributed by atoms with Crippen LogP contribution in [0.1, 0.15) is 33.6 Å². The van der Waals surface area contributed by atoms with Gasteiger partial charge in [-0.25, -0.2) is 0 Å². The highest BCUT2D eigenvalue weighted by Crippen LogP contribution is 2.47. The minimum absolute atomic E-state index is 0.143. The van der Waals surface area contributed by atoms with E-state index in [1.165, 1.54) is 0 Å². The molecule has 17 heavy (non-hydrogen) atoms. The van der Waals surface area contributed by atoms with Crippen LogP contribution in [0.25, 0.3) is 0 Å². The average molecular weight is 250 g/mol. The maximum atomic E-state index is 13.0. The zero-order valence-electron chi connectivity index (χ0n) is 10.7. The van der Waals surface area contributed by atoms with Crippen molar-refractivity contribution in [1.29, 1.82) is 0 Å². The standard InChI is InChI=1S/C13H21F3O/c1-5-9-6-7-10(8-17-12(2,3)4)11(9)13(14,15)16/h7,9-11H,1,5-6,8H2,2-4H3. The summed E-state index contributed by atoms with van der Waals surface area (Å²) in [5.74, 6) is -2.20. The maximum absolute atomic E-state index is 13.0. The lowest BCUT2D eigenvalue weighted by atomic mass is 9.87. The Kier molecular flexibility index (Phi) is 4.50. The van der Waals surface area contributed by atoms with Gasteiger partial charge in [-0.15, -0.1) is 0 Å². The van der Waals surface area contributed by atoms with Gasteiger partial charge in [0.05, 0.1) is 18.1 Å². The first kappa shape index (κ1) is 14.8. The van der Waals surface area contributed by atoms with Crippen molar-refractivity contribution in [2.45, 2.75) is 45.4 Å². The lowest BCUT2D eigenvalue weighted by molar-refractivity contribution is -0.200. The highest BCUT2D eigenvalue weighted by atomic mass is 19.4. The predicted octanol–water partition coefficient (Wildman–Crippen LogP) is 4.04. The van der Waals surface area contributed by atoms with Crippen molar-refractivity contribution in [3.63, 3.8) is 0 Å². The van der Waals surface area contributed by atoms with E-state index in [4.69, 9.17) is 4.74 Å². The van der Waals surface area contributed by atoms with E-state index < -0.39 is 23.6 Å². The SMILES string of the molecule is [CH2]CC1C[CH]C(COC(C)(C)C)C1C(F)(F)F. The normalized spacial score (nSPS) is 30.9. The van der Waals surface area contributed by atoms with E-state index in [-0.39, 0.29) is 12.5 Å². The van der Waals surface area contributed by atoms with Gasteiger partial charge < -0.3 is 4.74 Å². The fourth-order valence-electron chi connectivity index (χ4n) is 2.32. The molecular formula is C13H21F3O. The molecule has 0 heterocycles. The third kappa shape index (κ3) is 4.16. The Bertz CT molecular complexity index is 242. The van der Waals surface area contributed by atoms with Gasteiger partial charge >= 0.3 is 6.18 Å². The van der Waals surface area contributed by atoms with Crippen LogP contribution in [0.3, 0.4) is 0 Å². The smallest absolute Gasteiger partial charge is 0.376 e. The van der Waals surface area contributed by atoms with Crippen molar-refractivity contribution in [2.24, 2.45) is 17.8 Å². The molecule has 1 fully saturated rings. The monoisotopic (exact) mass is 250 g/mol. The fraction of sp³-hybridized carbons (Fsp3) is 0.846.